The van der Waals surface area contributed by atoms with Crippen molar-refractivity contribution in [2.24, 2.45) is 0 Å². The first-order valence-electron chi connectivity index (χ1n) is 7.90. The van der Waals surface area contributed by atoms with Crippen LogP contribution in [-0.4, -0.2) is 13.4 Å². The van der Waals surface area contributed by atoms with Crippen molar-refractivity contribution in [2.75, 3.05) is 0 Å². The molecule has 7 heteroatoms. The highest BCUT2D eigenvalue weighted by Gasteiger charge is 2.12. The highest BCUT2D eigenvalue weighted by Crippen LogP contribution is 2.20. The first-order valence-corrected chi connectivity index (χ1v) is 9.55. The van der Waals surface area contributed by atoms with Crippen molar-refractivity contribution in [2.45, 2.75) is 12.3 Å². The minimum Gasteiger partial charge on any atom is -0.439 e. The fourth-order valence-corrected chi connectivity index (χ4v) is 3.41. The fraction of sp³-hybridized carbons (Fsp3) is 0.105. The Morgan fingerprint density at radius 1 is 0.962 bits per heavy atom. The zero-order valence-electron chi connectivity index (χ0n) is 13.8. The number of benzene rings is 2. The molecule has 134 valence electrons. The van der Waals surface area contributed by atoms with Crippen molar-refractivity contribution < 1.29 is 17.5 Å². The second kappa shape index (κ2) is 8.07. The summed E-state index contributed by atoms with van der Waals surface area (Å²) < 4.78 is 45.4. The number of rotatable bonds is 7. The molecule has 0 atom stereocenters. The smallest absolute Gasteiger partial charge is 0.219 e. The standard InChI is InChI=1S/C19H17FN2O3S/c20-17-9-7-15(8-10-17)14-26(23,24)22-13-16-4-3-5-18(12-16)25-19-6-1-2-11-21-19/h1-12,22H,13-14H2. The number of nitrogens with one attached hydrogen (secondary N) is 1. The lowest BCUT2D eigenvalue weighted by atomic mass is 10.2. The van der Waals surface area contributed by atoms with Crippen LogP contribution in [0.5, 0.6) is 11.6 Å². The molecule has 0 bridgehead atoms. The Hall–Kier alpha value is -2.77. The van der Waals surface area contributed by atoms with Crippen LogP contribution in [0.3, 0.4) is 0 Å². The van der Waals surface area contributed by atoms with Gasteiger partial charge in [0.1, 0.15) is 11.6 Å². The second-order valence-electron chi connectivity index (χ2n) is 5.62. The van der Waals surface area contributed by atoms with Gasteiger partial charge in [-0.3, -0.25) is 0 Å². The SMILES string of the molecule is O=S(=O)(Cc1ccc(F)cc1)NCc1cccc(Oc2ccccn2)c1. The molecule has 0 aliphatic heterocycles. The molecule has 0 aliphatic rings. The Kier molecular flexibility index (Phi) is 5.60. The van der Waals surface area contributed by atoms with Crippen molar-refractivity contribution in [3.63, 3.8) is 0 Å². The molecule has 0 radical (unpaired) electrons. The number of hydrogen-bond donors (Lipinski definition) is 1. The first kappa shape index (κ1) is 18.0. The maximum atomic E-state index is 12.9. The van der Waals surface area contributed by atoms with Gasteiger partial charge in [0, 0.05) is 18.8 Å². The third-order valence-corrected chi connectivity index (χ3v) is 4.82. The van der Waals surface area contributed by atoms with E-state index in [1.54, 1.807) is 42.6 Å². The van der Waals surface area contributed by atoms with E-state index in [-0.39, 0.29) is 12.3 Å². The largest absolute Gasteiger partial charge is 0.439 e. The average molecular weight is 372 g/mol. The molecule has 1 aromatic heterocycles. The highest BCUT2D eigenvalue weighted by atomic mass is 32.2. The van der Waals surface area contributed by atoms with Crippen molar-refractivity contribution in [3.05, 3.63) is 89.9 Å². The van der Waals surface area contributed by atoms with E-state index < -0.39 is 15.8 Å². The number of nitrogens with zero attached hydrogens (tertiary/aromatic N) is 1. The van der Waals surface area contributed by atoms with Crippen LogP contribution in [0.25, 0.3) is 0 Å². The Morgan fingerprint density at radius 2 is 1.77 bits per heavy atom. The third-order valence-electron chi connectivity index (χ3n) is 3.52. The van der Waals surface area contributed by atoms with Gasteiger partial charge in [-0.15, -0.1) is 0 Å². The summed E-state index contributed by atoms with van der Waals surface area (Å²) >= 11 is 0. The van der Waals surface area contributed by atoms with Gasteiger partial charge in [-0.1, -0.05) is 30.3 Å². The van der Waals surface area contributed by atoms with Gasteiger partial charge in [-0.2, -0.15) is 0 Å². The van der Waals surface area contributed by atoms with Gasteiger partial charge in [-0.05, 0) is 41.5 Å². The van der Waals surface area contributed by atoms with Gasteiger partial charge in [0.2, 0.25) is 15.9 Å². The summed E-state index contributed by atoms with van der Waals surface area (Å²) in [5, 5.41) is 0. The molecule has 5 nitrogen and oxygen atoms in total. The predicted molar refractivity (Wildman–Crippen MR) is 96.6 cm³/mol. The molecule has 1 N–H and O–H groups in total. The van der Waals surface area contributed by atoms with Crippen LogP contribution < -0.4 is 9.46 Å². The molecule has 0 unspecified atom stereocenters. The molecular weight excluding hydrogens is 355 g/mol. The topological polar surface area (TPSA) is 68.3 Å². The molecule has 26 heavy (non-hydrogen) atoms. The maximum absolute atomic E-state index is 12.9. The van der Waals surface area contributed by atoms with Gasteiger partial charge >= 0.3 is 0 Å². The summed E-state index contributed by atoms with van der Waals surface area (Å²) in [5.41, 5.74) is 1.27. The van der Waals surface area contributed by atoms with Crippen LogP contribution in [0, 0.1) is 5.82 Å². The van der Waals surface area contributed by atoms with Gasteiger partial charge in [0.15, 0.2) is 0 Å². The summed E-state index contributed by atoms with van der Waals surface area (Å²) in [7, 11) is -3.54. The number of aromatic nitrogens is 1. The van der Waals surface area contributed by atoms with Crippen molar-refractivity contribution in [1.29, 1.82) is 0 Å². The minimum absolute atomic E-state index is 0.128. The number of halogens is 1. The monoisotopic (exact) mass is 372 g/mol. The van der Waals surface area contributed by atoms with Gasteiger partial charge in [-0.25, -0.2) is 22.5 Å². The molecule has 0 saturated heterocycles. The Bertz CT molecular complexity index is 962. The zero-order chi connectivity index (χ0) is 18.4. The molecule has 0 spiro atoms. The van der Waals surface area contributed by atoms with E-state index in [2.05, 4.69) is 9.71 Å². The second-order valence-corrected chi connectivity index (χ2v) is 7.43. The van der Waals surface area contributed by atoms with Gasteiger partial charge in [0.25, 0.3) is 0 Å². The predicted octanol–water partition coefficient (Wildman–Crippen LogP) is 3.63. The molecule has 0 fully saturated rings. The quantitative estimate of drug-likeness (QED) is 0.688. The van der Waals surface area contributed by atoms with Crippen LogP contribution in [-0.2, 0) is 22.3 Å². The van der Waals surface area contributed by atoms with Crippen molar-refractivity contribution in [1.82, 2.24) is 9.71 Å². The van der Waals surface area contributed by atoms with Gasteiger partial charge in [0.05, 0.1) is 5.75 Å². The summed E-state index contributed by atoms with van der Waals surface area (Å²) in [6.07, 6.45) is 1.63. The van der Waals surface area contributed by atoms with Crippen molar-refractivity contribution >= 4 is 10.0 Å². The van der Waals surface area contributed by atoms with Crippen LogP contribution in [0.15, 0.2) is 72.9 Å². The Balaban J connectivity index is 1.62. The third kappa shape index (κ3) is 5.37. The molecule has 0 saturated carbocycles. The van der Waals surface area contributed by atoms with E-state index in [1.165, 1.54) is 24.3 Å². The highest BCUT2D eigenvalue weighted by molar-refractivity contribution is 7.88. The van der Waals surface area contributed by atoms with E-state index >= 15 is 0 Å². The number of pyridine rings is 1. The van der Waals surface area contributed by atoms with Crippen LogP contribution in [0.1, 0.15) is 11.1 Å². The summed E-state index contributed by atoms with van der Waals surface area (Å²) in [6, 6.07) is 17.8. The Labute approximate surface area is 151 Å². The molecule has 0 amide bonds. The molecule has 1 heterocycles. The van der Waals surface area contributed by atoms with E-state index in [0.29, 0.717) is 17.2 Å². The molecular formula is C19H17FN2O3S. The molecule has 2 aromatic carbocycles. The molecule has 3 rings (SSSR count). The Morgan fingerprint density at radius 3 is 2.50 bits per heavy atom. The van der Waals surface area contributed by atoms with Crippen LogP contribution >= 0.6 is 0 Å². The molecule has 0 aliphatic carbocycles. The molecule has 3 aromatic rings. The normalized spacial score (nSPS) is 11.3. The lowest BCUT2D eigenvalue weighted by Crippen LogP contribution is -2.24. The van der Waals surface area contributed by atoms with E-state index in [4.69, 9.17) is 4.74 Å². The lowest BCUT2D eigenvalue weighted by Gasteiger charge is -2.09. The van der Waals surface area contributed by atoms with Crippen molar-refractivity contribution in [3.8, 4) is 11.6 Å². The number of ether oxygens (including phenoxy) is 1. The number of hydrogen-bond acceptors (Lipinski definition) is 4. The number of sulfonamides is 1. The summed E-state index contributed by atoms with van der Waals surface area (Å²) in [5.74, 6) is 0.418. The van der Waals surface area contributed by atoms with Crippen LogP contribution in [0.4, 0.5) is 4.39 Å². The fourth-order valence-electron chi connectivity index (χ4n) is 2.29. The maximum Gasteiger partial charge on any atom is 0.219 e. The summed E-state index contributed by atoms with van der Waals surface area (Å²) in [6.45, 7) is 0.128. The zero-order valence-corrected chi connectivity index (χ0v) is 14.6. The summed E-state index contributed by atoms with van der Waals surface area (Å²) in [4.78, 5) is 4.08. The average Bonchev–Trinajstić information content (AvgIpc) is 2.63. The minimum atomic E-state index is -3.54. The van der Waals surface area contributed by atoms with E-state index in [9.17, 15) is 12.8 Å². The van der Waals surface area contributed by atoms with Gasteiger partial charge < -0.3 is 4.74 Å². The van der Waals surface area contributed by atoms with Crippen LogP contribution in [0.2, 0.25) is 0 Å². The lowest BCUT2D eigenvalue weighted by molar-refractivity contribution is 0.462. The first-order chi connectivity index (χ1) is 12.5. The van der Waals surface area contributed by atoms with E-state index in [1.807, 2.05) is 6.07 Å². The van der Waals surface area contributed by atoms with E-state index in [0.717, 1.165) is 5.56 Å².